The fourth-order valence-electron chi connectivity index (χ4n) is 1.92. The highest BCUT2D eigenvalue weighted by Gasteiger charge is 2.12. The summed E-state index contributed by atoms with van der Waals surface area (Å²) in [7, 11) is 1.53. The van der Waals surface area contributed by atoms with Crippen LogP contribution < -0.4 is 10.5 Å². The van der Waals surface area contributed by atoms with E-state index >= 15 is 0 Å². The molecule has 0 atom stereocenters. The number of nitrogens with two attached hydrogens (primary N) is 1. The summed E-state index contributed by atoms with van der Waals surface area (Å²) in [4.78, 5) is 12.2. The number of anilines is 1. The molecular formula is C15H13BrFNO2. The number of benzene rings is 2. The molecule has 0 fully saturated rings. The fourth-order valence-corrected chi connectivity index (χ4v) is 2.43. The normalized spacial score (nSPS) is 10.3. The van der Waals surface area contributed by atoms with E-state index < -0.39 is 0 Å². The van der Waals surface area contributed by atoms with Crippen LogP contribution in [0.3, 0.4) is 0 Å². The molecule has 2 aromatic carbocycles. The van der Waals surface area contributed by atoms with E-state index in [1.165, 1.54) is 19.2 Å². The number of nitrogen functional groups attached to an aromatic ring is 1. The second kappa shape index (κ2) is 6.05. The SMILES string of the molecule is COc1ccc(C(=O)Cc2cc(F)cc(Br)c2)c(N)c1. The average molecular weight is 338 g/mol. The summed E-state index contributed by atoms with van der Waals surface area (Å²) < 4.78 is 18.9. The summed E-state index contributed by atoms with van der Waals surface area (Å²) in [5.41, 5.74) is 7.18. The van der Waals surface area contributed by atoms with Crippen LogP contribution in [0.15, 0.2) is 40.9 Å². The van der Waals surface area contributed by atoms with Gasteiger partial charge in [0.2, 0.25) is 0 Å². The summed E-state index contributed by atoms with van der Waals surface area (Å²) in [5.74, 6) is 0.0417. The Morgan fingerprint density at radius 1 is 1.30 bits per heavy atom. The van der Waals surface area contributed by atoms with Crippen molar-refractivity contribution in [2.24, 2.45) is 0 Å². The van der Waals surface area contributed by atoms with Crippen LogP contribution in [0.1, 0.15) is 15.9 Å². The zero-order valence-corrected chi connectivity index (χ0v) is 12.4. The summed E-state index contributed by atoms with van der Waals surface area (Å²) in [5, 5.41) is 0. The number of rotatable bonds is 4. The number of hydrogen-bond donors (Lipinski definition) is 1. The molecule has 0 spiro atoms. The smallest absolute Gasteiger partial charge is 0.169 e. The lowest BCUT2D eigenvalue weighted by atomic mass is 10.0. The molecule has 0 aliphatic carbocycles. The maximum Gasteiger partial charge on any atom is 0.169 e. The molecule has 0 aliphatic heterocycles. The van der Waals surface area contributed by atoms with Gasteiger partial charge in [-0.05, 0) is 35.9 Å². The predicted molar refractivity (Wildman–Crippen MR) is 79.5 cm³/mol. The standard InChI is InChI=1S/C15H13BrFNO2/c1-20-12-2-3-13(14(18)8-12)15(19)6-9-4-10(16)7-11(17)5-9/h2-5,7-8H,6,18H2,1H3. The van der Waals surface area contributed by atoms with Crippen molar-refractivity contribution in [3.63, 3.8) is 0 Å². The highest BCUT2D eigenvalue weighted by Crippen LogP contribution is 2.22. The number of methoxy groups -OCH3 is 1. The highest BCUT2D eigenvalue weighted by molar-refractivity contribution is 9.10. The summed E-state index contributed by atoms with van der Waals surface area (Å²) in [6.45, 7) is 0. The van der Waals surface area contributed by atoms with Crippen molar-refractivity contribution >= 4 is 27.4 Å². The van der Waals surface area contributed by atoms with Gasteiger partial charge in [-0.2, -0.15) is 0 Å². The Balaban J connectivity index is 2.23. The number of ether oxygens (including phenoxy) is 1. The number of carbonyl (C=O) groups excluding carboxylic acids is 1. The first-order valence-electron chi connectivity index (χ1n) is 5.91. The molecule has 0 heterocycles. The van der Waals surface area contributed by atoms with Crippen molar-refractivity contribution in [3.05, 3.63) is 57.8 Å². The molecule has 0 unspecified atom stereocenters. The van der Waals surface area contributed by atoms with Crippen LogP contribution in [0.2, 0.25) is 0 Å². The number of halogens is 2. The Hall–Kier alpha value is -1.88. The van der Waals surface area contributed by atoms with Crippen molar-refractivity contribution in [2.75, 3.05) is 12.8 Å². The number of Topliss-reactive ketones (excluding diaryl/α,β-unsaturated/α-hetero) is 1. The van der Waals surface area contributed by atoms with Gasteiger partial charge in [0.1, 0.15) is 11.6 Å². The van der Waals surface area contributed by atoms with E-state index in [2.05, 4.69) is 15.9 Å². The zero-order valence-electron chi connectivity index (χ0n) is 10.8. The third-order valence-corrected chi connectivity index (χ3v) is 3.30. The molecule has 0 radical (unpaired) electrons. The van der Waals surface area contributed by atoms with Gasteiger partial charge in [-0.3, -0.25) is 4.79 Å². The first-order chi connectivity index (χ1) is 9.49. The van der Waals surface area contributed by atoms with E-state index in [1.54, 1.807) is 24.3 Å². The van der Waals surface area contributed by atoms with Gasteiger partial charge >= 0.3 is 0 Å². The second-order valence-corrected chi connectivity index (χ2v) is 5.25. The molecule has 0 aromatic heterocycles. The van der Waals surface area contributed by atoms with Crippen molar-refractivity contribution < 1.29 is 13.9 Å². The lowest BCUT2D eigenvalue weighted by Gasteiger charge is -2.07. The van der Waals surface area contributed by atoms with Crippen molar-refractivity contribution in [3.8, 4) is 5.75 Å². The van der Waals surface area contributed by atoms with Gasteiger partial charge in [-0.15, -0.1) is 0 Å². The molecule has 0 aliphatic rings. The van der Waals surface area contributed by atoms with Crippen molar-refractivity contribution in [1.29, 1.82) is 0 Å². The Morgan fingerprint density at radius 2 is 2.05 bits per heavy atom. The van der Waals surface area contributed by atoms with Gasteiger partial charge in [0.05, 0.1) is 7.11 Å². The second-order valence-electron chi connectivity index (χ2n) is 4.33. The molecule has 2 aromatic rings. The summed E-state index contributed by atoms with van der Waals surface area (Å²) in [6, 6.07) is 9.27. The Kier molecular flexibility index (Phi) is 4.39. The quantitative estimate of drug-likeness (QED) is 0.685. The maximum atomic E-state index is 13.3. The third kappa shape index (κ3) is 3.36. The number of carbonyl (C=O) groups is 1. The Bertz CT molecular complexity index is 638. The van der Waals surface area contributed by atoms with Crippen LogP contribution in [0.25, 0.3) is 0 Å². The third-order valence-electron chi connectivity index (χ3n) is 2.85. The fraction of sp³-hybridized carbons (Fsp3) is 0.133. The van der Waals surface area contributed by atoms with Crippen molar-refractivity contribution in [2.45, 2.75) is 6.42 Å². The topological polar surface area (TPSA) is 52.3 Å². The molecule has 2 rings (SSSR count). The summed E-state index contributed by atoms with van der Waals surface area (Å²) >= 11 is 3.20. The van der Waals surface area contributed by atoms with Gasteiger partial charge in [0, 0.05) is 28.2 Å². The van der Waals surface area contributed by atoms with Gasteiger partial charge in [-0.1, -0.05) is 15.9 Å². The number of hydrogen-bond acceptors (Lipinski definition) is 3. The van der Waals surface area contributed by atoms with Crippen molar-refractivity contribution in [1.82, 2.24) is 0 Å². The van der Waals surface area contributed by atoms with E-state index in [-0.39, 0.29) is 18.0 Å². The van der Waals surface area contributed by atoms with Crippen LogP contribution in [0, 0.1) is 5.82 Å². The minimum Gasteiger partial charge on any atom is -0.497 e. The number of ketones is 1. The first-order valence-corrected chi connectivity index (χ1v) is 6.70. The van der Waals surface area contributed by atoms with Gasteiger partial charge in [0.25, 0.3) is 0 Å². The van der Waals surface area contributed by atoms with Crippen LogP contribution in [-0.4, -0.2) is 12.9 Å². The highest BCUT2D eigenvalue weighted by atomic mass is 79.9. The lowest BCUT2D eigenvalue weighted by molar-refractivity contribution is 0.0994. The molecular weight excluding hydrogens is 325 g/mol. The van der Waals surface area contributed by atoms with E-state index in [0.29, 0.717) is 27.0 Å². The molecule has 0 saturated heterocycles. The maximum absolute atomic E-state index is 13.3. The van der Waals surface area contributed by atoms with Crippen LogP contribution in [0.5, 0.6) is 5.75 Å². The van der Waals surface area contributed by atoms with E-state index in [0.717, 1.165) is 0 Å². The molecule has 3 nitrogen and oxygen atoms in total. The van der Waals surface area contributed by atoms with Crippen LogP contribution >= 0.6 is 15.9 Å². The lowest BCUT2D eigenvalue weighted by Crippen LogP contribution is -2.07. The summed E-state index contributed by atoms with van der Waals surface area (Å²) in [6.07, 6.45) is 0.0902. The van der Waals surface area contributed by atoms with E-state index in [4.69, 9.17) is 10.5 Å². The largest absolute Gasteiger partial charge is 0.497 e. The molecule has 0 amide bonds. The van der Waals surface area contributed by atoms with Crippen LogP contribution in [-0.2, 0) is 6.42 Å². The first kappa shape index (κ1) is 14.5. The molecule has 2 N–H and O–H groups in total. The van der Waals surface area contributed by atoms with Gasteiger partial charge in [-0.25, -0.2) is 4.39 Å². The monoisotopic (exact) mass is 337 g/mol. The molecule has 0 bridgehead atoms. The minimum absolute atomic E-state index is 0.0902. The average Bonchev–Trinajstić information content (AvgIpc) is 2.36. The predicted octanol–water partition coefficient (Wildman–Crippen LogP) is 3.60. The Morgan fingerprint density at radius 3 is 2.65 bits per heavy atom. The van der Waals surface area contributed by atoms with E-state index in [9.17, 15) is 9.18 Å². The minimum atomic E-state index is -0.384. The Labute approximate surface area is 124 Å². The molecule has 104 valence electrons. The van der Waals surface area contributed by atoms with E-state index in [1.807, 2.05) is 0 Å². The van der Waals surface area contributed by atoms with Crippen LogP contribution in [0.4, 0.5) is 10.1 Å². The molecule has 20 heavy (non-hydrogen) atoms. The van der Waals surface area contributed by atoms with Gasteiger partial charge in [0.15, 0.2) is 5.78 Å². The molecule has 0 saturated carbocycles. The zero-order chi connectivity index (χ0) is 14.7. The van der Waals surface area contributed by atoms with Gasteiger partial charge < -0.3 is 10.5 Å². The molecule has 5 heteroatoms.